The molecule has 4 nitrogen and oxygen atoms in total. The van der Waals surface area contributed by atoms with Gasteiger partial charge in [-0.1, -0.05) is 43.4 Å². The molecule has 0 radical (unpaired) electrons. The van der Waals surface area contributed by atoms with Gasteiger partial charge in [-0.15, -0.1) is 0 Å². The summed E-state index contributed by atoms with van der Waals surface area (Å²) in [5.41, 5.74) is 1.82. The lowest BCUT2D eigenvalue weighted by molar-refractivity contribution is 0.299. The first-order valence-corrected chi connectivity index (χ1v) is 6.29. The highest BCUT2D eigenvalue weighted by Crippen LogP contribution is 2.08. The van der Waals surface area contributed by atoms with Crippen LogP contribution >= 0.6 is 0 Å². The van der Waals surface area contributed by atoms with Crippen LogP contribution in [0, 0.1) is 6.92 Å². The van der Waals surface area contributed by atoms with Gasteiger partial charge in [0.25, 0.3) is 0 Å². The second-order valence-electron chi connectivity index (χ2n) is 4.31. The van der Waals surface area contributed by atoms with E-state index in [0.29, 0.717) is 6.04 Å². The number of hydrogen-bond donors (Lipinski definition) is 1. The molecule has 1 atom stereocenters. The second-order valence-corrected chi connectivity index (χ2v) is 4.31. The molecule has 0 fully saturated rings. The monoisotopic (exact) mass is 225 g/mol. The molecule has 0 amide bonds. The Hall–Kier alpha value is -0.900. The predicted molar refractivity (Wildman–Crippen MR) is 64.1 cm³/mol. The first-order valence-electron chi connectivity index (χ1n) is 6.29. The van der Waals surface area contributed by atoms with Crippen molar-refractivity contribution < 1.29 is 4.63 Å². The van der Waals surface area contributed by atoms with Gasteiger partial charge in [0.2, 0.25) is 0 Å². The van der Waals surface area contributed by atoms with Gasteiger partial charge in [-0.2, -0.15) is 0 Å². The van der Waals surface area contributed by atoms with Crippen molar-refractivity contribution in [2.24, 2.45) is 0 Å². The standard InChI is InChI=1S/C12H23N3O/c1-4-6-8-11(7-5-2)13-9-12-10(3)14-16-15-12/h11,13H,4-9H2,1-3H3. The number of hydrogen-bond acceptors (Lipinski definition) is 4. The molecule has 1 unspecified atom stereocenters. The smallest absolute Gasteiger partial charge is 0.121 e. The third kappa shape index (κ3) is 4.31. The van der Waals surface area contributed by atoms with Crippen molar-refractivity contribution in [2.45, 2.75) is 65.5 Å². The number of rotatable bonds is 8. The molecule has 1 N–H and O–H groups in total. The van der Waals surface area contributed by atoms with E-state index in [1.54, 1.807) is 0 Å². The average molecular weight is 225 g/mol. The fourth-order valence-electron chi connectivity index (χ4n) is 1.80. The number of aromatic nitrogens is 2. The van der Waals surface area contributed by atoms with E-state index in [0.717, 1.165) is 17.9 Å². The lowest BCUT2D eigenvalue weighted by Gasteiger charge is -2.16. The Bertz CT molecular complexity index is 286. The maximum Gasteiger partial charge on any atom is 0.121 e. The molecule has 1 heterocycles. The van der Waals surface area contributed by atoms with Gasteiger partial charge in [-0.05, 0) is 19.8 Å². The fourth-order valence-corrected chi connectivity index (χ4v) is 1.80. The highest BCUT2D eigenvalue weighted by atomic mass is 16.6. The second kappa shape index (κ2) is 7.39. The molecular weight excluding hydrogens is 202 g/mol. The summed E-state index contributed by atoms with van der Waals surface area (Å²) < 4.78 is 4.68. The molecule has 0 aromatic carbocycles. The third-order valence-corrected chi connectivity index (χ3v) is 2.85. The molecule has 0 aliphatic rings. The van der Waals surface area contributed by atoms with Gasteiger partial charge in [0.15, 0.2) is 0 Å². The summed E-state index contributed by atoms with van der Waals surface area (Å²) in [4.78, 5) is 0. The molecule has 4 heteroatoms. The van der Waals surface area contributed by atoms with Crippen LogP contribution in [-0.4, -0.2) is 16.4 Å². The summed E-state index contributed by atoms with van der Waals surface area (Å²) in [7, 11) is 0. The molecule has 0 aliphatic carbocycles. The highest BCUT2D eigenvalue weighted by Gasteiger charge is 2.09. The summed E-state index contributed by atoms with van der Waals surface area (Å²) in [5, 5.41) is 11.2. The lowest BCUT2D eigenvalue weighted by atomic mass is 10.1. The molecule has 92 valence electrons. The van der Waals surface area contributed by atoms with Crippen molar-refractivity contribution >= 4 is 0 Å². The summed E-state index contributed by atoms with van der Waals surface area (Å²) in [6.45, 7) is 7.15. The Morgan fingerprint density at radius 2 is 2.00 bits per heavy atom. The predicted octanol–water partition coefficient (Wildman–Crippen LogP) is 2.83. The van der Waals surface area contributed by atoms with E-state index < -0.39 is 0 Å². The molecule has 1 aromatic heterocycles. The van der Waals surface area contributed by atoms with Gasteiger partial charge in [0, 0.05) is 12.6 Å². The summed E-state index contributed by atoms with van der Waals surface area (Å²) >= 11 is 0. The molecule has 0 bridgehead atoms. The van der Waals surface area contributed by atoms with Gasteiger partial charge in [0.05, 0.1) is 0 Å². The first kappa shape index (κ1) is 13.2. The maximum absolute atomic E-state index is 4.68. The van der Waals surface area contributed by atoms with Crippen molar-refractivity contribution in [3.05, 3.63) is 11.4 Å². The van der Waals surface area contributed by atoms with E-state index in [4.69, 9.17) is 0 Å². The molecule has 0 aliphatic heterocycles. The number of aryl methyl sites for hydroxylation is 1. The van der Waals surface area contributed by atoms with Crippen LogP contribution in [0.5, 0.6) is 0 Å². The van der Waals surface area contributed by atoms with Crippen LogP contribution in [-0.2, 0) is 6.54 Å². The Morgan fingerprint density at radius 3 is 2.56 bits per heavy atom. The molecule has 0 saturated carbocycles. The zero-order valence-corrected chi connectivity index (χ0v) is 10.6. The highest BCUT2D eigenvalue weighted by molar-refractivity contribution is 5.04. The van der Waals surface area contributed by atoms with E-state index in [1.165, 1.54) is 32.1 Å². The quantitative estimate of drug-likeness (QED) is 0.739. The molecule has 16 heavy (non-hydrogen) atoms. The van der Waals surface area contributed by atoms with Crippen molar-refractivity contribution in [2.75, 3.05) is 0 Å². The fraction of sp³-hybridized carbons (Fsp3) is 0.833. The third-order valence-electron chi connectivity index (χ3n) is 2.85. The minimum atomic E-state index is 0.598. The zero-order chi connectivity index (χ0) is 11.8. The summed E-state index contributed by atoms with van der Waals surface area (Å²) in [6, 6.07) is 0.598. The van der Waals surface area contributed by atoms with E-state index in [9.17, 15) is 0 Å². The Morgan fingerprint density at radius 1 is 1.19 bits per heavy atom. The van der Waals surface area contributed by atoms with Gasteiger partial charge in [-0.3, -0.25) is 0 Å². The van der Waals surface area contributed by atoms with Gasteiger partial charge in [0.1, 0.15) is 11.4 Å². The van der Waals surface area contributed by atoms with E-state index in [-0.39, 0.29) is 0 Å². The molecule has 0 spiro atoms. The summed E-state index contributed by atoms with van der Waals surface area (Å²) in [6.07, 6.45) is 6.23. The SMILES string of the molecule is CCCCC(CCC)NCc1nonc1C. The first-order chi connectivity index (χ1) is 7.77. The minimum absolute atomic E-state index is 0.598. The average Bonchev–Trinajstić information content (AvgIpc) is 2.68. The van der Waals surface area contributed by atoms with Crippen LogP contribution in [0.4, 0.5) is 0 Å². The van der Waals surface area contributed by atoms with Crippen LogP contribution in [0.15, 0.2) is 4.63 Å². The Kier molecular flexibility index (Phi) is 6.08. The lowest BCUT2D eigenvalue weighted by Crippen LogP contribution is -2.28. The number of nitrogens with zero attached hydrogens (tertiary/aromatic N) is 2. The topological polar surface area (TPSA) is 51.0 Å². The van der Waals surface area contributed by atoms with Crippen LogP contribution in [0.2, 0.25) is 0 Å². The van der Waals surface area contributed by atoms with E-state index in [2.05, 4.69) is 34.1 Å². The maximum atomic E-state index is 4.68. The van der Waals surface area contributed by atoms with Crippen LogP contribution in [0.25, 0.3) is 0 Å². The van der Waals surface area contributed by atoms with Crippen molar-refractivity contribution in [3.63, 3.8) is 0 Å². The van der Waals surface area contributed by atoms with Gasteiger partial charge in [-0.25, -0.2) is 4.63 Å². The van der Waals surface area contributed by atoms with E-state index in [1.807, 2.05) is 6.92 Å². The number of nitrogens with one attached hydrogen (secondary N) is 1. The van der Waals surface area contributed by atoms with Crippen molar-refractivity contribution in [1.82, 2.24) is 15.6 Å². The van der Waals surface area contributed by atoms with Crippen molar-refractivity contribution in [1.29, 1.82) is 0 Å². The van der Waals surface area contributed by atoms with Crippen molar-refractivity contribution in [3.8, 4) is 0 Å². The summed E-state index contributed by atoms with van der Waals surface area (Å²) in [5.74, 6) is 0. The zero-order valence-electron chi connectivity index (χ0n) is 10.6. The van der Waals surface area contributed by atoms with Gasteiger partial charge >= 0.3 is 0 Å². The van der Waals surface area contributed by atoms with Crippen LogP contribution < -0.4 is 5.32 Å². The Balaban J connectivity index is 2.34. The largest absolute Gasteiger partial charge is 0.308 e. The van der Waals surface area contributed by atoms with Crippen LogP contribution in [0.1, 0.15) is 57.3 Å². The normalized spacial score (nSPS) is 12.9. The van der Waals surface area contributed by atoms with E-state index >= 15 is 0 Å². The molecule has 1 rings (SSSR count). The molecule has 1 aromatic rings. The molecular formula is C12H23N3O. The number of unbranched alkanes of at least 4 members (excludes halogenated alkanes) is 1. The van der Waals surface area contributed by atoms with Crippen LogP contribution in [0.3, 0.4) is 0 Å². The molecule has 0 saturated heterocycles. The van der Waals surface area contributed by atoms with Gasteiger partial charge < -0.3 is 5.32 Å². The Labute approximate surface area is 97.8 Å². The minimum Gasteiger partial charge on any atom is -0.308 e.